The third kappa shape index (κ3) is 3.09. The zero-order valence-electron chi connectivity index (χ0n) is 17.8. The Bertz CT molecular complexity index is 647. The summed E-state index contributed by atoms with van der Waals surface area (Å²) in [4.78, 5) is 23.0. The molecule has 9 atom stereocenters. The highest BCUT2D eigenvalue weighted by Crippen LogP contribution is 2.66. The summed E-state index contributed by atoms with van der Waals surface area (Å²) in [6, 6.07) is 0. The van der Waals surface area contributed by atoms with Gasteiger partial charge in [-0.1, -0.05) is 13.8 Å². The van der Waals surface area contributed by atoms with Gasteiger partial charge >= 0.3 is 11.9 Å². The van der Waals surface area contributed by atoms with E-state index < -0.39 is 6.10 Å². The van der Waals surface area contributed by atoms with Gasteiger partial charge in [-0.25, -0.2) is 0 Å². The number of fused-ring (bicyclic) bond motifs is 5. The summed E-state index contributed by atoms with van der Waals surface area (Å²) in [6.07, 6.45) is 7.41. The van der Waals surface area contributed by atoms with E-state index in [2.05, 4.69) is 13.8 Å². The number of aliphatic hydroxyl groups is 1. The molecule has 0 spiro atoms. The van der Waals surface area contributed by atoms with Crippen LogP contribution < -0.4 is 0 Å². The molecule has 4 saturated carbocycles. The zero-order valence-corrected chi connectivity index (χ0v) is 17.8. The van der Waals surface area contributed by atoms with Crippen LogP contribution in [0.2, 0.25) is 0 Å². The Hall–Kier alpha value is -1.10. The zero-order chi connectivity index (χ0) is 20.3. The molecule has 0 heterocycles. The molecule has 0 radical (unpaired) electrons. The molecule has 4 aliphatic carbocycles. The van der Waals surface area contributed by atoms with Gasteiger partial charge in [0.1, 0.15) is 12.2 Å². The normalized spacial score (nSPS) is 50.1. The maximum atomic E-state index is 11.6. The van der Waals surface area contributed by atoms with Crippen molar-refractivity contribution in [3.05, 3.63) is 0 Å². The molecule has 0 amide bonds. The SMILES string of the molecule is CC(=O)O[C@H]1CC[C@H]2[C@@H]3CC[C@H]4C[C@@H](OC(C)=O)[C@@H](O)C[C@]4(C)[C@H]3CC[C@]12C. The fourth-order valence-electron chi connectivity index (χ4n) is 7.95. The summed E-state index contributed by atoms with van der Waals surface area (Å²) in [7, 11) is 0. The van der Waals surface area contributed by atoms with Gasteiger partial charge in [0.25, 0.3) is 0 Å². The van der Waals surface area contributed by atoms with Crippen molar-refractivity contribution in [3.8, 4) is 0 Å². The highest BCUT2D eigenvalue weighted by Gasteiger charge is 2.62. The van der Waals surface area contributed by atoms with E-state index >= 15 is 0 Å². The first-order valence-corrected chi connectivity index (χ1v) is 11.2. The summed E-state index contributed by atoms with van der Waals surface area (Å²) in [5.74, 6) is 1.92. The standard InChI is InChI=1S/C23H36O5/c1-13(24)27-20-11-15-5-6-16-17-7-8-21(28-14(2)25)22(17,3)10-9-18(16)23(15,4)12-19(20)26/h15-21,26H,5-12H2,1-4H3/t15-,16-,17-,18-,19-,20+,21-,22-,23-/m0/s1. The molecular formula is C23H36O5. The molecule has 28 heavy (non-hydrogen) atoms. The Morgan fingerprint density at radius 2 is 1.57 bits per heavy atom. The lowest BCUT2D eigenvalue weighted by Crippen LogP contribution is -2.57. The van der Waals surface area contributed by atoms with E-state index in [-0.39, 0.29) is 35.0 Å². The fraction of sp³-hybridized carbons (Fsp3) is 0.913. The van der Waals surface area contributed by atoms with E-state index in [9.17, 15) is 14.7 Å². The van der Waals surface area contributed by atoms with Gasteiger partial charge in [-0.2, -0.15) is 0 Å². The summed E-state index contributed by atoms with van der Waals surface area (Å²) in [5, 5.41) is 10.8. The van der Waals surface area contributed by atoms with Gasteiger partial charge in [0.15, 0.2) is 0 Å². The number of carbonyl (C=O) groups is 2. The molecule has 0 aromatic heterocycles. The topological polar surface area (TPSA) is 72.8 Å². The van der Waals surface area contributed by atoms with Crippen molar-refractivity contribution in [2.45, 2.75) is 97.4 Å². The van der Waals surface area contributed by atoms with E-state index in [1.54, 1.807) is 0 Å². The molecule has 4 aliphatic rings. The quantitative estimate of drug-likeness (QED) is 0.723. The average Bonchev–Trinajstić information content (AvgIpc) is 2.91. The summed E-state index contributed by atoms with van der Waals surface area (Å²) < 4.78 is 11.2. The molecule has 0 aromatic rings. The molecule has 0 aromatic carbocycles. The maximum Gasteiger partial charge on any atom is 0.302 e. The lowest BCUT2D eigenvalue weighted by molar-refractivity contribution is -0.185. The maximum absolute atomic E-state index is 11.6. The Labute approximate surface area is 168 Å². The predicted molar refractivity (Wildman–Crippen MR) is 104 cm³/mol. The number of rotatable bonds is 2. The highest BCUT2D eigenvalue weighted by molar-refractivity contribution is 5.66. The van der Waals surface area contributed by atoms with Crippen molar-refractivity contribution in [2.24, 2.45) is 34.5 Å². The van der Waals surface area contributed by atoms with Gasteiger partial charge in [0.2, 0.25) is 0 Å². The highest BCUT2D eigenvalue weighted by atomic mass is 16.6. The second-order valence-electron chi connectivity index (χ2n) is 10.5. The fourth-order valence-corrected chi connectivity index (χ4v) is 7.95. The van der Waals surface area contributed by atoms with Crippen molar-refractivity contribution < 1.29 is 24.2 Å². The number of ether oxygens (including phenoxy) is 2. The van der Waals surface area contributed by atoms with Gasteiger partial charge in [0, 0.05) is 19.3 Å². The van der Waals surface area contributed by atoms with E-state index in [4.69, 9.17) is 9.47 Å². The van der Waals surface area contributed by atoms with Crippen molar-refractivity contribution in [1.29, 1.82) is 0 Å². The number of esters is 2. The average molecular weight is 393 g/mol. The molecule has 0 aliphatic heterocycles. The van der Waals surface area contributed by atoms with Crippen LogP contribution in [-0.4, -0.2) is 35.4 Å². The van der Waals surface area contributed by atoms with Crippen LogP contribution in [0.5, 0.6) is 0 Å². The second-order valence-corrected chi connectivity index (χ2v) is 10.5. The third-order valence-corrected chi connectivity index (χ3v) is 9.20. The largest absolute Gasteiger partial charge is 0.462 e. The van der Waals surface area contributed by atoms with Gasteiger partial charge < -0.3 is 14.6 Å². The number of hydrogen-bond acceptors (Lipinski definition) is 5. The molecular weight excluding hydrogens is 356 g/mol. The molecule has 1 N–H and O–H groups in total. The molecule has 5 nitrogen and oxygen atoms in total. The minimum Gasteiger partial charge on any atom is -0.462 e. The minimum atomic E-state index is -0.561. The number of aliphatic hydroxyl groups excluding tert-OH is 1. The van der Waals surface area contributed by atoms with Gasteiger partial charge in [-0.3, -0.25) is 9.59 Å². The van der Waals surface area contributed by atoms with Crippen molar-refractivity contribution >= 4 is 11.9 Å². The van der Waals surface area contributed by atoms with E-state index in [0.717, 1.165) is 44.9 Å². The third-order valence-electron chi connectivity index (χ3n) is 9.20. The minimum absolute atomic E-state index is 0.0618. The van der Waals surface area contributed by atoms with Crippen LogP contribution in [0.25, 0.3) is 0 Å². The van der Waals surface area contributed by atoms with Crippen molar-refractivity contribution in [1.82, 2.24) is 0 Å². The molecule has 4 rings (SSSR count). The lowest BCUT2D eigenvalue weighted by Gasteiger charge is -2.61. The molecule has 4 fully saturated rings. The molecule has 0 bridgehead atoms. The predicted octanol–water partition coefficient (Wildman–Crippen LogP) is 3.86. The Morgan fingerprint density at radius 3 is 2.25 bits per heavy atom. The van der Waals surface area contributed by atoms with Crippen LogP contribution in [0.15, 0.2) is 0 Å². The van der Waals surface area contributed by atoms with Crippen LogP contribution in [0.1, 0.15) is 79.1 Å². The summed E-state index contributed by atoms with van der Waals surface area (Å²) in [6.45, 7) is 7.68. The van der Waals surface area contributed by atoms with Crippen LogP contribution in [0, 0.1) is 34.5 Å². The lowest BCUT2D eigenvalue weighted by atomic mass is 9.45. The Morgan fingerprint density at radius 1 is 0.893 bits per heavy atom. The van der Waals surface area contributed by atoms with E-state index in [1.807, 2.05) is 0 Å². The second kappa shape index (κ2) is 7.00. The molecule has 158 valence electrons. The van der Waals surface area contributed by atoms with Gasteiger partial charge in [-0.05, 0) is 80.5 Å². The van der Waals surface area contributed by atoms with Crippen molar-refractivity contribution in [2.75, 3.05) is 0 Å². The smallest absolute Gasteiger partial charge is 0.302 e. The molecule has 0 unspecified atom stereocenters. The van der Waals surface area contributed by atoms with Gasteiger partial charge in [-0.15, -0.1) is 0 Å². The molecule has 0 saturated heterocycles. The number of hydrogen-bond donors (Lipinski definition) is 1. The molecule has 5 heteroatoms. The first-order chi connectivity index (χ1) is 13.1. The van der Waals surface area contributed by atoms with Crippen LogP contribution >= 0.6 is 0 Å². The van der Waals surface area contributed by atoms with Crippen molar-refractivity contribution in [3.63, 3.8) is 0 Å². The Kier molecular flexibility index (Phi) is 5.05. The Balaban J connectivity index is 1.54. The first kappa shape index (κ1) is 20.2. The summed E-state index contributed by atoms with van der Waals surface area (Å²) in [5.41, 5.74) is 0.212. The summed E-state index contributed by atoms with van der Waals surface area (Å²) >= 11 is 0. The van der Waals surface area contributed by atoms with Crippen LogP contribution in [0.4, 0.5) is 0 Å². The van der Waals surface area contributed by atoms with E-state index in [0.29, 0.717) is 23.7 Å². The first-order valence-electron chi connectivity index (χ1n) is 11.2. The monoisotopic (exact) mass is 392 g/mol. The van der Waals surface area contributed by atoms with E-state index in [1.165, 1.54) is 20.3 Å². The van der Waals surface area contributed by atoms with Crippen LogP contribution in [-0.2, 0) is 19.1 Å². The van der Waals surface area contributed by atoms with Crippen LogP contribution in [0.3, 0.4) is 0 Å². The van der Waals surface area contributed by atoms with Gasteiger partial charge in [0.05, 0.1) is 6.10 Å². The number of carbonyl (C=O) groups excluding carboxylic acids is 2.